The van der Waals surface area contributed by atoms with Crippen LogP contribution >= 0.6 is 0 Å². The first-order chi connectivity index (χ1) is 6.86. The molecule has 2 aliphatic rings. The average Bonchev–Trinajstić information content (AvgIpc) is 2.90. The van der Waals surface area contributed by atoms with Gasteiger partial charge in [-0.2, -0.15) is 0 Å². The third kappa shape index (κ3) is 1.92. The van der Waals surface area contributed by atoms with Crippen molar-refractivity contribution in [1.29, 1.82) is 0 Å². The number of nitrogens with two attached hydrogens (primary N) is 1. The highest BCUT2D eigenvalue weighted by atomic mass is 16.5. The summed E-state index contributed by atoms with van der Waals surface area (Å²) < 4.78 is 11.0. The first-order valence-electron chi connectivity index (χ1n) is 5.18. The van der Waals surface area contributed by atoms with Gasteiger partial charge in [-0.25, -0.2) is 5.43 Å². The number of nitrogens with one attached hydrogen (secondary N) is 1. The van der Waals surface area contributed by atoms with E-state index in [1.807, 2.05) is 0 Å². The van der Waals surface area contributed by atoms with Gasteiger partial charge in [0.25, 0.3) is 0 Å². The highest BCUT2D eigenvalue weighted by Crippen LogP contribution is 2.37. The van der Waals surface area contributed by atoms with E-state index < -0.39 is 0 Å². The van der Waals surface area contributed by atoms with Gasteiger partial charge in [0.15, 0.2) is 0 Å². The van der Waals surface area contributed by atoms with Crippen LogP contribution in [0.4, 0.5) is 0 Å². The van der Waals surface area contributed by atoms with Gasteiger partial charge in [-0.15, -0.1) is 0 Å². The first-order valence-corrected chi connectivity index (χ1v) is 5.18. The van der Waals surface area contributed by atoms with E-state index in [-0.39, 0.29) is 12.1 Å². The number of rotatable bonds is 5. The third-order valence-corrected chi connectivity index (χ3v) is 2.91. The lowest BCUT2D eigenvalue weighted by Crippen LogP contribution is -2.47. The number of methoxy groups -OCH3 is 1. The van der Waals surface area contributed by atoms with Crippen LogP contribution in [0.3, 0.4) is 0 Å². The van der Waals surface area contributed by atoms with Gasteiger partial charge in [0.1, 0.15) is 11.8 Å². The maximum absolute atomic E-state index is 5.54. The summed E-state index contributed by atoms with van der Waals surface area (Å²) in [6.07, 6.45) is 5.71. The topological polar surface area (TPSA) is 56.5 Å². The Bertz CT molecular complexity index is 226. The molecule has 2 atom stereocenters. The highest BCUT2D eigenvalue weighted by molar-refractivity contribution is 5.11. The Morgan fingerprint density at radius 1 is 1.64 bits per heavy atom. The van der Waals surface area contributed by atoms with Crippen LogP contribution in [0.25, 0.3) is 0 Å². The zero-order chi connectivity index (χ0) is 9.97. The molecule has 0 bridgehead atoms. The summed E-state index contributed by atoms with van der Waals surface area (Å²) >= 11 is 0. The van der Waals surface area contributed by atoms with Crippen LogP contribution in [-0.2, 0) is 9.47 Å². The largest absolute Gasteiger partial charge is 0.496 e. The SMILES string of the molecule is COC(C1CC1)C(NN)C1=CCCO1. The fourth-order valence-corrected chi connectivity index (χ4v) is 2.02. The summed E-state index contributed by atoms with van der Waals surface area (Å²) in [5.41, 5.74) is 2.80. The van der Waals surface area contributed by atoms with Gasteiger partial charge >= 0.3 is 0 Å². The zero-order valence-corrected chi connectivity index (χ0v) is 8.53. The van der Waals surface area contributed by atoms with Crippen molar-refractivity contribution in [3.05, 3.63) is 11.8 Å². The molecular weight excluding hydrogens is 180 g/mol. The van der Waals surface area contributed by atoms with Gasteiger partial charge in [-0.1, -0.05) is 0 Å². The zero-order valence-electron chi connectivity index (χ0n) is 8.53. The van der Waals surface area contributed by atoms with Crippen LogP contribution in [0.15, 0.2) is 11.8 Å². The lowest BCUT2D eigenvalue weighted by molar-refractivity contribution is 0.0429. The van der Waals surface area contributed by atoms with E-state index >= 15 is 0 Å². The monoisotopic (exact) mass is 198 g/mol. The van der Waals surface area contributed by atoms with Crippen molar-refractivity contribution in [3.63, 3.8) is 0 Å². The van der Waals surface area contributed by atoms with E-state index in [1.165, 1.54) is 12.8 Å². The summed E-state index contributed by atoms with van der Waals surface area (Å²) in [5, 5.41) is 0. The molecule has 1 aliphatic heterocycles. The lowest BCUT2D eigenvalue weighted by Gasteiger charge is -2.25. The Labute approximate surface area is 84.4 Å². The minimum absolute atomic E-state index is 0.0231. The first kappa shape index (κ1) is 9.96. The van der Waals surface area contributed by atoms with Gasteiger partial charge in [0, 0.05) is 13.5 Å². The van der Waals surface area contributed by atoms with E-state index in [4.69, 9.17) is 15.3 Å². The molecule has 0 saturated heterocycles. The summed E-state index contributed by atoms with van der Waals surface area (Å²) in [7, 11) is 1.74. The molecule has 1 fully saturated rings. The second-order valence-corrected chi connectivity index (χ2v) is 3.93. The molecule has 4 nitrogen and oxygen atoms in total. The molecule has 0 aromatic carbocycles. The number of hydrogen-bond donors (Lipinski definition) is 2. The van der Waals surface area contributed by atoms with Crippen molar-refractivity contribution in [2.45, 2.75) is 31.4 Å². The molecule has 1 saturated carbocycles. The van der Waals surface area contributed by atoms with Crippen LogP contribution in [-0.4, -0.2) is 25.9 Å². The van der Waals surface area contributed by atoms with Crippen molar-refractivity contribution < 1.29 is 9.47 Å². The maximum atomic E-state index is 5.54. The molecule has 0 amide bonds. The van der Waals surface area contributed by atoms with Gasteiger partial charge < -0.3 is 9.47 Å². The smallest absolute Gasteiger partial charge is 0.113 e. The van der Waals surface area contributed by atoms with Gasteiger partial charge in [0.05, 0.1) is 12.7 Å². The normalized spacial score (nSPS) is 25.4. The minimum atomic E-state index is 0.0231. The van der Waals surface area contributed by atoms with Crippen LogP contribution in [0.1, 0.15) is 19.3 Å². The van der Waals surface area contributed by atoms with Crippen molar-refractivity contribution in [2.75, 3.05) is 13.7 Å². The Morgan fingerprint density at radius 3 is 2.86 bits per heavy atom. The molecule has 0 spiro atoms. The van der Waals surface area contributed by atoms with Crippen LogP contribution in [0, 0.1) is 5.92 Å². The van der Waals surface area contributed by atoms with E-state index in [1.54, 1.807) is 7.11 Å². The summed E-state index contributed by atoms with van der Waals surface area (Å²) in [6, 6.07) is 0.0231. The molecular formula is C10H18N2O2. The van der Waals surface area contributed by atoms with Crippen LogP contribution in [0.5, 0.6) is 0 Å². The van der Waals surface area contributed by atoms with Crippen molar-refractivity contribution in [1.82, 2.24) is 5.43 Å². The molecule has 14 heavy (non-hydrogen) atoms. The number of hydrazine groups is 1. The molecule has 0 aromatic heterocycles. The number of hydrogen-bond acceptors (Lipinski definition) is 4. The predicted octanol–water partition coefficient (Wildman–Crippen LogP) is 0.548. The lowest BCUT2D eigenvalue weighted by atomic mass is 10.1. The Balaban J connectivity index is 2.02. The van der Waals surface area contributed by atoms with Crippen LogP contribution < -0.4 is 11.3 Å². The van der Waals surface area contributed by atoms with E-state index in [9.17, 15) is 0 Å². The third-order valence-electron chi connectivity index (χ3n) is 2.91. The van der Waals surface area contributed by atoms with E-state index in [2.05, 4.69) is 11.5 Å². The second-order valence-electron chi connectivity index (χ2n) is 3.93. The van der Waals surface area contributed by atoms with E-state index in [0.29, 0.717) is 5.92 Å². The molecule has 80 valence electrons. The average molecular weight is 198 g/mol. The van der Waals surface area contributed by atoms with Crippen molar-refractivity contribution >= 4 is 0 Å². The summed E-state index contributed by atoms with van der Waals surface area (Å²) in [4.78, 5) is 0. The van der Waals surface area contributed by atoms with Crippen LogP contribution in [0.2, 0.25) is 0 Å². The van der Waals surface area contributed by atoms with Gasteiger partial charge in [-0.05, 0) is 24.8 Å². The molecule has 1 aliphatic carbocycles. The molecule has 1 heterocycles. The Morgan fingerprint density at radius 2 is 2.43 bits per heavy atom. The molecule has 2 rings (SSSR count). The molecule has 0 radical (unpaired) electrons. The van der Waals surface area contributed by atoms with Gasteiger partial charge in [-0.3, -0.25) is 5.84 Å². The Hall–Kier alpha value is -0.580. The minimum Gasteiger partial charge on any atom is -0.496 e. The second kappa shape index (κ2) is 4.29. The van der Waals surface area contributed by atoms with Crippen molar-refractivity contribution in [3.8, 4) is 0 Å². The van der Waals surface area contributed by atoms with E-state index in [0.717, 1.165) is 18.8 Å². The maximum Gasteiger partial charge on any atom is 0.113 e. The predicted molar refractivity (Wildman–Crippen MR) is 53.3 cm³/mol. The fraction of sp³-hybridized carbons (Fsp3) is 0.800. The summed E-state index contributed by atoms with van der Waals surface area (Å²) in [5.74, 6) is 7.14. The molecule has 4 heteroatoms. The highest BCUT2D eigenvalue weighted by Gasteiger charge is 2.39. The fourth-order valence-electron chi connectivity index (χ4n) is 2.02. The quantitative estimate of drug-likeness (QED) is 0.500. The van der Waals surface area contributed by atoms with Crippen molar-refractivity contribution in [2.24, 2.45) is 11.8 Å². The van der Waals surface area contributed by atoms with Gasteiger partial charge in [0.2, 0.25) is 0 Å². The molecule has 2 unspecified atom stereocenters. The standard InChI is InChI=1S/C10H18N2O2/c1-13-10(7-4-5-7)9(12-11)8-3-2-6-14-8/h3,7,9-10,12H,2,4-6,11H2,1H3. The Kier molecular flexibility index (Phi) is 3.05. The summed E-state index contributed by atoms with van der Waals surface area (Å²) in [6.45, 7) is 0.772. The molecule has 0 aromatic rings. The molecule has 3 N–H and O–H groups in total. The number of ether oxygens (including phenoxy) is 2.